The third-order valence-corrected chi connectivity index (χ3v) is 6.42. The molecule has 132 valence electrons. The third-order valence-electron chi connectivity index (χ3n) is 6.42. The summed E-state index contributed by atoms with van der Waals surface area (Å²) in [6, 6.07) is 12.0. The number of ether oxygens (including phenoxy) is 1. The molecule has 2 aliphatic heterocycles. The highest BCUT2D eigenvalue weighted by Crippen LogP contribution is 2.41. The monoisotopic (exact) mass is 328 g/mol. The summed E-state index contributed by atoms with van der Waals surface area (Å²) in [6.45, 7) is 4.60. The third kappa shape index (κ3) is 3.40. The Morgan fingerprint density at radius 2 is 1.83 bits per heavy atom. The normalized spacial score (nSPS) is 34.2. The summed E-state index contributed by atoms with van der Waals surface area (Å²) < 4.78 is 6.40. The Hall–Kier alpha value is -0.900. The Morgan fingerprint density at radius 3 is 2.58 bits per heavy atom. The van der Waals surface area contributed by atoms with Crippen molar-refractivity contribution < 1.29 is 4.74 Å². The molecule has 3 atom stereocenters. The number of nitrogens with one attached hydrogen (secondary N) is 1. The minimum atomic E-state index is 0.113. The second-order valence-electron chi connectivity index (χ2n) is 7.89. The lowest BCUT2D eigenvalue weighted by Gasteiger charge is -2.49. The van der Waals surface area contributed by atoms with Crippen LogP contribution in [-0.2, 0) is 11.2 Å². The fourth-order valence-corrected chi connectivity index (χ4v) is 5.25. The molecule has 0 amide bonds. The maximum absolute atomic E-state index is 6.40. The molecule has 1 aliphatic carbocycles. The van der Waals surface area contributed by atoms with E-state index in [-0.39, 0.29) is 5.60 Å². The van der Waals surface area contributed by atoms with Crippen LogP contribution in [0.15, 0.2) is 30.3 Å². The van der Waals surface area contributed by atoms with Gasteiger partial charge in [-0.05, 0) is 76.6 Å². The summed E-state index contributed by atoms with van der Waals surface area (Å²) in [4.78, 5) is 2.75. The average Bonchev–Trinajstić information content (AvgIpc) is 3.30. The van der Waals surface area contributed by atoms with Crippen LogP contribution in [0.2, 0.25) is 0 Å². The largest absolute Gasteiger partial charge is 0.373 e. The summed E-state index contributed by atoms with van der Waals surface area (Å²) in [6.07, 6.45) is 10.3. The van der Waals surface area contributed by atoms with Crippen molar-refractivity contribution in [1.29, 1.82) is 0 Å². The van der Waals surface area contributed by atoms with Gasteiger partial charge >= 0.3 is 0 Å². The van der Waals surface area contributed by atoms with Crippen LogP contribution in [-0.4, -0.2) is 48.8 Å². The minimum absolute atomic E-state index is 0.113. The Morgan fingerprint density at radius 1 is 1.04 bits per heavy atom. The summed E-state index contributed by atoms with van der Waals surface area (Å²) >= 11 is 0. The maximum Gasteiger partial charge on any atom is 0.0850 e. The van der Waals surface area contributed by atoms with Gasteiger partial charge in [-0.3, -0.25) is 4.90 Å². The molecule has 3 heteroatoms. The number of hydrogen-bond acceptors (Lipinski definition) is 3. The predicted molar refractivity (Wildman–Crippen MR) is 98.3 cm³/mol. The molecule has 3 nitrogen and oxygen atoms in total. The van der Waals surface area contributed by atoms with Gasteiger partial charge in [0.05, 0.1) is 11.6 Å². The molecule has 3 fully saturated rings. The number of nitrogens with zero attached hydrogens (tertiary/aromatic N) is 1. The van der Waals surface area contributed by atoms with E-state index in [0.717, 1.165) is 19.6 Å². The summed E-state index contributed by atoms with van der Waals surface area (Å²) in [5, 5.41) is 3.96. The fourth-order valence-electron chi connectivity index (χ4n) is 5.25. The standard InChI is InChI=1S/C21H32N2O/c1-2-8-18(9-3-1)11-14-22-20-19(23-15-4-5-16-23)10-6-12-21(20)13-7-17-24-21/h1-3,8-9,19-20,22H,4-7,10-17H2. The van der Waals surface area contributed by atoms with Gasteiger partial charge in [-0.15, -0.1) is 0 Å². The Balaban J connectivity index is 1.45. The zero-order valence-electron chi connectivity index (χ0n) is 14.9. The van der Waals surface area contributed by atoms with Gasteiger partial charge in [0.25, 0.3) is 0 Å². The van der Waals surface area contributed by atoms with Gasteiger partial charge in [0.1, 0.15) is 0 Å². The zero-order valence-corrected chi connectivity index (χ0v) is 14.9. The second-order valence-corrected chi connectivity index (χ2v) is 7.89. The van der Waals surface area contributed by atoms with Gasteiger partial charge in [-0.25, -0.2) is 0 Å². The van der Waals surface area contributed by atoms with Gasteiger partial charge < -0.3 is 10.1 Å². The highest BCUT2D eigenvalue weighted by Gasteiger charge is 2.49. The van der Waals surface area contributed by atoms with E-state index in [1.54, 1.807) is 0 Å². The van der Waals surface area contributed by atoms with Crippen LogP contribution in [0.1, 0.15) is 50.5 Å². The lowest BCUT2D eigenvalue weighted by molar-refractivity contribution is -0.0765. The molecule has 1 aromatic rings. The van der Waals surface area contributed by atoms with Crippen LogP contribution in [0, 0.1) is 0 Å². The van der Waals surface area contributed by atoms with Crippen molar-refractivity contribution in [2.24, 2.45) is 0 Å². The summed E-state index contributed by atoms with van der Waals surface area (Å²) in [7, 11) is 0. The van der Waals surface area contributed by atoms with Crippen LogP contribution in [0.4, 0.5) is 0 Å². The zero-order chi connectivity index (χ0) is 16.2. The maximum atomic E-state index is 6.40. The Bertz CT molecular complexity index is 506. The first kappa shape index (κ1) is 16.6. The van der Waals surface area contributed by atoms with E-state index in [2.05, 4.69) is 40.5 Å². The highest BCUT2D eigenvalue weighted by molar-refractivity contribution is 5.15. The summed E-state index contributed by atoms with van der Waals surface area (Å²) in [5.74, 6) is 0. The molecule has 0 bridgehead atoms. The smallest absolute Gasteiger partial charge is 0.0850 e. The van der Waals surface area contributed by atoms with Crippen molar-refractivity contribution in [1.82, 2.24) is 10.2 Å². The molecular formula is C21H32N2O. The van der Waals surface area contributed by atoms with Crippen molar-refractivity contribution in [3.05, 3.63) is 35.9 Å². The molecular weight excluding hydrogens is 296 g/mol. The molecule has 1 N–H and O–H groups in total. The van der Waals surface area contributed by atoms with E-state index in [1.165, 1.54) is 63.6 Å². The Kier molecular flexibility index (Phi) is 5.21. The van der Waals surface area contributed by atoms with Crippen molar-refractivity contribution in [2.75, 3.05) is 26.2 Å². The van der Waals surface area contributed by atoms with Crippen LogP contribution in [0.3, 0.4) is 0 Å². The molecule has 2 heterocycles. The predicted octanol–water partition coefficient (Wildman–Crippen LogP) is 3.38. The first-order valence-electron chi connectivity index (χ1n) is 10.0. The number of rotatable bonds is 5. The first-order valence-corrected chi connectivity index (χ1v) is 10.0. The molecule has 0 radical (unpaired) electrons. The first-order chi connectivity index (χ1) is 11.9. The van der Waals surface area contributed by atoms with Crippen molar-refractivity contribution in [2.45, 2.75) is 69.1 Å². The number of benzene rings is 1. The summed E-state index contributed by atoms with van der Waals surface area (Å²) in [5.41, 5.74) is 1.54. The molecule has 1 aromatic carbocycles. The van der Waals surface area contributed by atoms with Crippen molar-refractivity contribution in [3.8, 4) is 0 Å². The van der Waals surface area contributed by atoms with Crippen LogP contribution < -0.4 is 5.32 Å². The highest BCUT2D eigenvalue weighted by atomic mass is 16.5. The van der Waals surface area contributed by atoms with Gasteiger partial charge in [-0.2, -0.15) is 0 Å². The van der Waals surface area contributed by atoms with Crippen molar-refractivity contribution >= 4 is 0 Å². The number of likely N-dealkylation sites (tertiary alicyclic amines) is 1. The van der Waals surface area contributed by atoms with E-state index in [0.29, 0.717) is 12.1 Å². The van der Waals surface area contributed by atoms with E-state index < -0.39 is 0 Å². The van der Waals surface area contributed by atoms with Gasteiger partial charge in [0.2, 0.25) is 0 Å². The Labute approximate surface area is 146 Å². The van der Waals surface area contributed by atoms with Crippen LogP contribution in [0.25, 0.3) is 0 Å². The van der Waals surface area contributed by atoms with E-state index >= 15 is 0 Å². The van der Waals surface area contributed by atoms with Gasteiger partial charge in [-0.1, -0.05) is 30.3 Å². The fraction of sp³-hybridized carbons (Fsp3) is 0.714. The molecule has 24 heavy (non-hydrogen) atoms. The molecule has 1 spiro atoms. The SMILES string of the molecule is c1ccc(CCNC2C(N3CCCC3)CCCC23CCCO3)cc1. The van der Waals surface area contributed by atoms with Crippen LogP contribution >= 0.6 is 0 Å². The quantitative estimate of drug-likeness (QED) is 0.897. The van der Waals surface area contributed by atoms with E-state index in [1.807, 2.05) is 0 Å². The number of hydrogen-bond donors (Lipinski definition) is 1. The minimum Gasteiger partial charge on any atom is -0.373 e. The molecule has 3 aliphatic rings. The van der Waals surface area contributed by atoms with E-state index in [4.69, 9.17) is 4.74 Å². The topological polar surface area (TPSA) is 24.5 Å². The molecule has 1 saturated carbocycles. The molecule has 3 unspecified atom stereocenters. The van der Waals surface area contributed by atoms with Gasteiger partial charge in [0, 0.05) is 12.6 Å². The van der Waals surface area contributed by atoms with Crippen LogP contribution in [0.5, 0.6) is 0 Å². The van der Waals surface area contributed by atoms with Crippen molar-refractivity contribution in [3.63, 3.8) is 0 Å². The second kappa shape index (κ2) is 7.55. The average molecular weight is 329 g/mol. The lowest BCUT2D eigenvalue weighted by Crippen LogP contribution is -2.63. The molecule has 4 rings (SSSR count). The lowest BCUT2D eigenvalue weighted by atomic mass is 9.75. The molecule has 0 aromatic heterocycles. The van der Waals surface area contributed by atoms with Gasteiger partial charge in [0.15, 0.2) is 0 Å². The van der Waals surface area contributed by atoms with E-state index in [9.17, 15) is 0 Å². The molecule has 2 saturated heterocycles.